The zero-order chi connectivity index (χ0) is 15.9. The first-order chi connectivity index (χ1) is 10.5. The van der Waals surface area contributed by atoms with Crippen LogP contribution in [0.2, 0.25) is 10.0 Å². The van der Waals surface area contributed by atoms with Crippen molar-refractivity contribution in [2.75, 3.05) is 0 Å². The van der Waals surface area contributed by atoms with E-state index in [0.29, 0.717) is 29.7 Å². The molecule has 0 spiro atoms. The summed E-state index contributed by atoms with van der Waals surface area (Å²) in [4.78, 5) is 13.4. The minimum Gasteiger partial charge on any atom is -0.480 e. The van der Waals surface area contributed by atoms with Gasteiger partial charge >= 0.3 is 5.97 Å². The van der Waals surface area contributed by atoms with Crippen molar-refractivity contribution in [2.24, 2.45) is 0 Å². The van der Waals surface area contributed by atoms with Crippen molar-refractivity contribution in [3.8, 4) is 0 Å². The number of fused-ring (bicyclic) bond motifs is 1. The molecule has 0 saturated heterocycles. The molecule has 0 amide bonds. The molecule has 116 valence electrons. The molecule has 1 unspecified atom stereocenters. The van der Waals surface area contributed by atoms with Gasteiger partial charge in [-0.1, -0.05) is 29.3 Å². The third kappa shape index (κ3) is 2.69. The summed E-state index contributed by atoms with van der Waals surface area (Å²) < 4.78 is 1.84. The number of carbonyl (C=O) groups is 1. The highest BCUT2D eigenvalue weighted by atomic mass is 35.5. The maximum absolute atomic E-state index is 11.6. The SMILES string of the molecule is Cc1nnc2n1CC(C(=O)O)N(Cc1c(Cl)cccc1Cl)C2. The number of aliphatic carboxylic acids is 1. The number of aromatic nitrogens is 3. The van der Waals surface area contributed by atoms with Crippen LogP contribution in [0.1, 0.15) is 17.2 Å². The lowest BCUT2D eigenvalue weighted by Crippen LogP contribution is -2.47. The Morgan fingerprint density at radius 2 is 2.05 bits per heavy atom. The minimum atomic E-state index is -0.887. The summed E-state index contributed by atoms with van der Waals surface area (Å²) in [6, 6.07) is 4.58. The van der Waals surface area contributed by atoms with Gasteiger partial charge in [0.15, 0.2) is 0 Å². The van der Waals surface area contributed by atoms with E-state index in [-0.39, 0.29) is 0 Å². The van der Waals surface area contributed by atoms with Crippen molar-refractivity contribution in [1.29, 1.82) is 0 Å². The Hall–Kier alpha value is -1.63. The van der Waals surface area contributed by atoms with Crippen LogP contribution in [0.25, 0.3) is 0 Å². The number of hydrogen-bond acceptors (Lipinski definition) is 4. The standard InChI is InChI=1S/C14H14Cl2N4O2/c1-8-17-18-13-7-19(12(14(21)22)6-20(8)13)5-9-10(15)3-2-4-11(9)16/h2-4,12H,5-7H2,1H3,(H,21,22). The van der Waals surface area contributed by atoms with Crippen molar-refractivity contribution in [1.82, 2.24) is 19.7 Å². The van der Waals surface area contributed by atoms with Crippen LogP contribution in [0.3, 0.4) is 0 Å². The summed E-state index contributed by atoms with van der Waals surface area (Å²) >= 11 is 12.4. The molecular formula is C14H14Cl2N4O2. The second kappa shape index (κ2) is 5.87. The van der Waals surface area contributed by atoms with E-state index in [1.807, 2.05) is 11.5 Å². The molecular weight excluding hydrogens is 327 g/mol. The molecule has 8 heteroatoms. The Bertz CT molecular complexity index is 711. The van der Waals surface area contributed by atoms with E-state index >= 15 is 0 Å². The summed E-state index contributed by atoms with van der Waals surface area (Å²) in [6.07, 6.45) is 0. The van der Waals surface area contributed by atoms with E-state index in [1.54, 1.807) is 23.1 Å². The number of hydrogen-bond donors (Lipinski definition) is 1. The van der Waals surface area contributed by atoms with Gasteiger partial charge in [0.1, 0.15) is 17.7 Å². The highest BCUT2D eigenvalue weighted by Crippen LogP contribution is 2.28. The van der Waals surface area contributed by atoms with Crippen LogP contribution < -0.4 is 0 Å². The van der Waals surface area contributed by atoms with Crippen LogP contribution in [0.15, 0.2) is 18.2 Å². The highest BCUT2D eigenvalue weighted by molar-refractivity contribution is 6.35. The van der Waals surface area contributed by atoms with Gasteiger partial charge in [0.05, 0.1) is 13.1 Å². The molecule has 0 radical (unpaired) electrons. The average Bonchev–Trinajstić information content (AvgIpc) is 2.83. The molecule has 0 aliphatic carbocycles. The van der Waals surface area contributed by atoms with Crippen LogP contribution in [-0.2, 0) is 24.4 Å². The van der Waals surface area contributed by atoms with Crippen LogP contribution >= 0.6 is 23.2 Å². The molecule has 1 aromatic heterocycles. The lowest BCUT2D eigenvalue weighted by molar-refractivity contribution is -0.145. The lowest BCUT2D eigenvalue weighted by atomic mass is 10.1. The first-order valence-electron chi connectivity index (χ1n) is 6.76. The molecule has 0 fully saturated rings. The fourth-order valence-electron chi connectivity index (χ4n) is 2.65. The Morgan fingerprint density at radius 3 is 2.68 bits per heavy atom. The van der Waals surface area contributed by atoms with Crippen molar-refractivity contribution < 1.29 is 9.90 Å². The molecule has 22 heavy (non-hydrogen) atoms. The maximum Gasteiger partial charge on any atom is 0.322 e. The summed E-state index contributed by atoms with van der Waals surface area (Å²) in [6.45, 7) is 2.86. The Balaban J connectivity index is 1.93. The van der Waals surface area contributed by atoms with Gasteiger partial charge < -0.3 is 9.67 Å². The van der Waals surface area contributed by atoms with E-state index in [4.69, 9.17) is 23.2 Å². The molecule has 1 aromatic carbocycles. The van der Waals surface area contributed by atoms with Gasteiger partial charge in [-0.3, -0.25) is 9.69 Å². The van der Waals surface area contributed by atoms with Crippen LogP contribution in [0, 0.1) is 6.92 Å². The van der Waals surface area contributed by atoms with Crippen LogP contribution in [-0.4, -0.2) is 36.8 Å². The van der Waals surface area contributed by atoms with Gasteiger partial charge in [-0.15, -0.1) is 10.2 Å². The molecule has 3 rings (SSSR count). The molecule has 1 N–H and O–H groups in total. The van der Waals surface area contributed by atoms with Gasteiger partial charge in [0, 0.05) is 22.2 Å². The van der Waals surface area contributed by atoms with E-state index < -0.39 is 12.0 Å². The predicted molar refractivity (Wildman–Crippen MR) is 81.9 cm³/mol. The van der Waals surface area contributed by atoms with E-state index in [9.17, 15) is 9.90 Å². The fourth-order valence-corrected chi connectivity index (χ4v) is 3.16. The van der Waals surface area contributed by atoms with Gasteiger partial charge in [-0.05, 0) is 19.1 Å². The number of rotatable bonds is 3. The number of aryl methyl sites for hydroxylation is 1. The van der Waals surface area contributed by atoms with Crippen molar-refractivity contribution in [3.05, 3.63) is 45.5 Å². The van der Waals surface area contributed by atoms with E-state index in [1.165, 1.54) is 0 Å². The molecule has 0 saturated carbocycles. The normalized spacial score (nSPS) is 18.2. The largest absolute Gasteiger partial charge is 0.480 e. The zero-order valence-electron chi connectivity index (χ0n) is 11.8. The molecule has 0 bridgehead atoms. The third-order valence-electron chi connectivity index (χ3n) is 3.86. The van der Waals surface area contributed by atoms with Crippen LogP contribution in [0.5, 0.6) is 0 Å². The monoisotopic (exact) mass is 340 g/mol. The van der Waals surface area contributed by atoms with Gasteiger partial charge in [0.2, 0.25) is 0 Å². The first kappa shape index (κ1) is 15.3. The summed E-state index contributed by atoms with van der Waals surface area (Å²) in [5, 5.41) is 18.7. The van der Waals surface area contributed by atoms with E-state index in [2.05, 4.69) is 10.2 Å². The summed E-state index contributed by atoms with van der Waals surface area (Å²) in [5.74, 6) is 0.580. The van der Waals surface area contributed by atoms with Crippen molar-refractivity contribution in [3.63, 3.8) is 0 Å². The fraction of sp³-hybridized carbons (Fsp3) is 0.357. The lowest BCUT2D eigenvalue weighted by Gasteiger charge is -2.33. The maximum atomic E-state index is 11.6. The summed E-state index contributed by atoms with van der Waals surface area (Å²) in [5.41, 5.74) is 0.724. The van der Waals surface area contributed by atoms with Crippen molar-refractivity contribution >= 4 is 29.2 Å². The second-order valence-electron chi connectivity index (χ2n) is 5.23. The number of nitrogens with zero attached hydrogens (tertiary/aromatic N) is 4. The smallest absolute Gasteiger partial charge is 0.322 e. The predicted octanol–water partition coefficient (Wildman–Crippen LogP) is 2.36. The number of benzene rings is 1. The topological polar surface area (TPSA) is 71.2 Å². The Labute approximate surface area is 137 Å². The second-order valence-corrected chi connectivity index (χ2v) is 6.05. The first-order valence-corrected chi connectivity index (χ1v) is 7.51. The minimum absolute atomic E-state index is 0.311. The molecule has 1 atom stereocenters. The third-order valence-corrected chi connectivity index (χ3v) is 4.57. The average molecular weight is 341 g/mol. The molecule has 6 nitrogen and oxygen atoms in total. The van der Waals surface area contributed by atoms with E-state index in [0.717, 1.165) is 17.2 Å². The van der Waals surface area contributed by atoms with Crippen LogP contribution in [0.4, 0.5) is 0 Å². The van der Waals surface area contributed by atoms with Gasteiger partial charge in [-0.2, -0.15) is 0 Å². The number of halogens is 2. The molecule has 2 aromatic rings. The van der Waals surface area contributed by atoms with Gasteiger partial charge in [0.25, 0.3) is 0 Å². The number of carboxylic acids is 1. The quantitative estimate of drug-likeness (QED) is 0.928. The molecule has 1 aliphatic rings. The Kier molecular flexibility index (Phi) is 4.08. The number of carboxylic acid groups (broad SMARTS) is 1. The zero-order valence-corrected chi connectivity index (χ0v) is 13.3. The summed E-state index contributed by atoms with van der Waals surface area (Å²) in [7, 11) is 0. The molecule has 2 heterocycles. The van der Waals surface area contributed by atoms with Crippen molar-refractivity contribution in [2.45, 2.75) is 32.6 Å². The highest BCUT2D eigenvalue weighted by Gasteiger charge is 2.33. The van der Waals surface area contributed by atoms with Gasteiger partial charge in [-0.25, -0.2) is 0 Å². The molecule has 1 aliphatic heterocycles. The Morgan fingerprint density at radius 1 is 1.36 bits per heavy atom.